The van der Waals surface area contributed by atoms with Gasteiger partial charge in [0.1, 0.15) is 0 Å². The maximum atomic E-state index is 5.00. The highest BCUT2D eigenvalue weighted by Gasteiger charge is 2.21. The van der Waals surface area contributed by atoms with Gasteiger partial charge in [0, 0.05) is 22.6 Å². The lowest BCUT2D eigenvalue weighted by atomic mass is 9.82. The number of allylic oxidation sites excluding steroid dienone is 4. The molecule has 0 N–H and O–H groups in total. The van der Waals surface area contributed by atoms with Crippen LogP contribution < -0.4 is 0 Å². The number of rotatable bonds is 6. The maximum Gasteiger partial charge on any atom is 0.164 e. The van der Waals surface area contributed by atoms with Gasteiger partial charge in [0.2, 0.25) is 0 Å². The zero-order valence-electron chi connectivity index (χ0n) is 31.8. The van der Waals surface area contributed by atoms with Crippen molar-refractivity contribution in [1.29, 1.82) is 0 Å². The summed E-state index contributed by atoms with van der Waals surface area (Å²) in [6, 6.07) is 67.3. The zero-order valence-corrected chi connectivity index (χ0v) is 31.8. The summed E-state index contributed by atoms with van der Waals surface area (Å²) in [6.45, 7) is 0. The van der Waals surface area contributed by atoms with Gasteiger partial charge in [-0.2, -0.15) is 0 Å². The van der Waals surface area contributed by atoms with Crippen LogP contribution in [0.3, 0.4) is 0 Å². The normalized spacial score (nSPS) is 14.0. The largest absolute Gasteiger partial charge is 0.208 e. The molecule has 0 bridgehead atoms. The highest BCUT2D eigenvalue weighted by Crippen LogP contribution is 2.42. The smallest absolute Gasteiger partial charge is 0.164 e. The molecule has 9 aromatic carbocycles. The Bertz CT molecular complexity index is 3160. The fraction of sp³-hybridized carbons (Fsp3) is 0.0364. The highest BCUT2D eigenvalue weighted by molar-refractivity contribution is 6.25. The third-order valence-corrected chi connectivity index (χ3v) is 11.6. The Kier molecular flexibility index (Phi) is 8.29. The van der Waals surface area contributed by atoms with Crippen LogP contribution in [0.1, 0.15) is 23.7 Å². The average molecular weight is 740 g/mol. The molecule has 58 heavy (non-hydrogen) atoms. The van der Waals surface area contributed by atoms with E-state index in [1.165, 1.54) is 70.9 Å². The quantitative estimate of drug-likeness (QED) is 0.159. The molecule has 0 saturated carbocycles. The third-order valence-electron chi connectivity index (χ3n) is 11.6. The minimum atomic E-state index is 0.177. The van der Waals surface area contributed by atoms with Gasteiger partial charge in [-0.15, -0.1) is 0 Å². The lowest BCUT2D eigenvalue weighted by Crippen LogP contribution is -2.05. The van der Waals surface area contributed by atoms with Crippen molar-refractivity contribution in [1.82, 2.24) is 15.0 Å². The van der Waals surface area contributed by atoms with Crippen molar-refractivity contribution >= 4 is 48.7 Å². The first-order valence-corrected chi connectivity index (χ1v) is 20.0. The fourth-order valence-corrected chi connectivity index (χ4v) is 8.82. The van der Waals surface area contributed by atoms with Crippen LogP contribution in [0, 0.1) is 0 Å². The molecule has 11 rings (SSSR count). The third kappa shape index (κ3) is 5.96. The molecule has 0 spiro atoms. The molecule has 0 fully saturated rings. The summed E-state index contributed by atoms with van der Waals surface area (Å²) >= 11 is 0. The fourth-order valence-electron chi connectivity index (χ4n) is 8.82. The molecule has 3 nitrogen and oxygen atoms in total. The molecule has 1 unspecified atom stereocenters. The summed E-state index contributed by atoms with van der Waals surface area (Å²) < 4.78 is 0. The van der Waals surface area contributed by atoms with Crippen molar-refractivity contribution in [2.45, 2.75) is 12.3 Å². The lowest BCUT2D eigenvalue weighted by molar-refractivity contribution is 0.857. The molecule has 0 amide bonds. The molecule has 0 aliphatic heterocycles. The second kappa shape index (κ2) is 14.2. The van der Waals surface area contributed by atoms with E-state index in [0.717, 1.165) is 23.1 Å². The van der Waals surface area contributed by atoms with E-state index < -0.39 is 0 Å². The van der Waals surface area contributed by atoms with Gasteiger partial charge >= 0.3 is 0 Å². The maximum absolute atomic E-state index is 5.00. The van der Waals surface area contributed by atoms with E-state index >= 15 is 0 Å². The Morgan fingerprint density at radius 3 is 1.52 bits per heavy atom. The van der Waals surface area contributed by atoms with Gasteiger partial charge in [0.05, 0.1) is 0 Å². The van der Waals surface area contributed by atoms with Crippen LogP contribution in [0.15, 0.2) is 206 Å². The van der Waals surface area contributed by atoms with Crippen LogP contribution in [-0.2, 0) is 0 Å². The van der Waals surface area contributed by atoms with E-state index in [0.29, 0.717) is 17.5 Å². The number of aromatic nitrogens is 3. The summed E-state index contributed by atoms with van der Waals surface area (Å²) in [5.74, 6) is 2.21. The minimum Gasteiger partial charge on any atom is -0.208 e. The second-order valence-electron chi connectivity index (χ2n) is 15.1. The summed E-state index contributed by atoms with van der Waals surface area (Å²) in [5, 5.41) is 10.2. The Morgan fingerprint density at radius 2 is 0.879 bits per heavy atom. The van der Waals surface area contributed by atoms with Crippen molar-refractivity contribution in [2.24, 2.45) is 0 Å². The number of hydrogen-bond acceptors (Lipinski definition) is 3. The summed E-state index contributed by atoms with van der Waals surface area (Å²) in [5.41, 5.74) is 9.16. The molecule has 272 valence electrons. The van der Waals surface area contributed by atoms with Crippen LogP contribution in [0.2, 0.25) is 0 Å². The zero-order chi connectivity index (χ0) is 38.4. The molecule has 1 heterocycles. The van der Waals surface area contributed by atoms with E-state index in [9.17, 15) is 0 Å². The van der Waals surface area contributed by atoms with Crippen molar-refractivity contribution in [3.05, 3.63) is 218 Å². The Morgan fingerprint density at radius 1 is 0.362 bits per heavy atom. The molecule has 10 aromatic rings. The lowest BCUT2D eigenvalue weighted by Gasteiger charge is -2.22. The van der Waals surface area contributed by atoms with Gasteiger partial charge in [-0.05, 0) is 89.5 Å². The number of benzene rings is 9. The molecule has 1 atom stereocenters. The molecule has 1 aromatic heterocycles. The van der Waals surface area contributed by atoms with E-state index in [-0.39, 0.29) is 5.92 Å². The molecule has 0 saturated heterocycles. The van der Waals surface area contributed by atoms with Crippen molar-refractivity contribution < 1.29 is 0 Å². The van der Waals surface area contributed by atoms with Crippen LogP contribution in [0.4, 0.5) is 0 Å². The van der Waals surface area contributed by atoms with E-state index in [4.69, 9.17) is 15.0 Å². The van der Waals surface area contributed by atoms with Crippen molar-refractivity contribution in [3.8, 4) is 45.0 Å². The first-order valence-electron chi connectivity index (χ1n) is 20.0. The Balaban J connectivity index is 0.988. The van der Waals surface area contributed by atoms with Gasteiger partial charge in [-0.3, -0.25) is 0 Å². The van der Waals surface area contributed by atoms with Gasteiger partial charge in [-0.25, -0.2) is 15.0 Å². The summed E-state index contributed by atoms with van der Waals surface area (Å²) in [7, 11) is 0. The van der Waals surface area contributed by atoms with Gasteiger partial charge in [0.25, 0.3) is 0 Å². The average Bonchev–Trinajstić information content (AvgIpc) is 3.31. The predicted molar refractivity (Wildman–Crippen MR) is 243 cm³/mol. The predicted octanol–water partition coefficient (Wildman–Crippen LogP) is 14.3. The monoisotopic (exact) mass is 739 g/mol. The summed E-state index contributed by atoms with van der Waals surface area (Å²) in [6.07, 6.45) is 7.66. The highest BCUT2D eigenvalue weighted by atomic mass is 15.0. The number of fused-ring (bicyclic) bond motifs is 7. The molecular weight excluding hydrogens is 703 g/mol. The molecule has 1 aliphatic carbocycles. The molecule has 1 aliphatic rings. The summed E-state index contributed by atoms with van der Waals surface area (Å²) in [4.78, 5) is 14.9. The Hall–Kier alpha value is -7.49. The standard InChI is InChI=1S/C55H37N3/c1-3-15-38(16-4-1)53-56-54(39-17-5-2-6-18-39)58-55(57-53)40-28-26-37(27-29-40)45-32-30-36-14-7-8-21-44(36)52(45)43-20-13-19-41(34-43)42-31-33-50-48-24-10-9-22-46(48)47-23-11-12-25-49(47)51(50)35-42/h1-26,28-35,37H,27H2. The van der Waals surface area contributed by atoms with Crippen molar-refractivity contribution in [2.75, 3.05) is 0 Å². The first kappa shape index (κ1) is 33.8. The van der Waals surface area contributed by atoms with E-state index in [2.05, 4.69) is 170 Å². The van der Waals surface area contributed by atoms with Crippen LogP contribution in [0.25, 0.3) is 93.7 Å². The van der Waals surface area contributed by atoms with E-state index in [1.807, 2.05) is 36.4 Å². The van der Waals surface area contributed by atoms with Crippen LogP contribution >= 0.6 is 0 Å². The van der Waals surface area contributed by atoms with Crippen LogP contribution in [0.5, 0.6) is 0 Å². The van der Waals surface area contributed by atoms with E-state index in [1.54, 1.807) is 0 Å². The Labute approximate surface area is 337 Å². The second-order valence-corrected chi connectivity index (χ2v) is 15.1. The minimum absolute atomic E-state index is 0.177. The number of nitrogens with zero attached hydrogens (tertiary/aromatic N) is 3. The van der Waals surface area contributed by atoms with Crippen LogP contribution in [-0.4, -0.2) is 15.0 Å². The SMILES string of the molecule is C1=CC(c2ccc3ccccc3c2-c2cccc(-c3ccc4c5ccccc5c5ccccc5c4c3)c2)CC=C1c1nc(-c2ccccc2)nc(-c2ccccc2)n1. The van der Waals surface area contributed by atoms with Crippen molar-refractivity contribution in [3.63, 3.8) is 0 Å². The first-order chi connectivity index (χ1) is 28.7. The van der Waals surface area contributed by atoms with Gasteiger partial charge in [0.15, 0.2) is 17.5 Å². The molecular formula is C55H37N3. The van der Waals surface area contributed by atoms with Gasteiger partial charge < -0.3 is 0 Å². The molecule has 0 radical (unpaired) electrons. The topological polar surface area (TPSA) is 38.7 Å². The molecule has 3 heteroatoms. The van der Waals surface area contributed by atoms with Gasteiger partial charge in [-0.1, -0.05) is 194 Å². The number of hydrogen-bond donors (Lipinski definition) is 0.